The molecule has 1 aromatic heterocycles. The van der Waals surface area contributed by atoms with Crippen LogP contribution in [0.1, 0.15) is 27.0 Å². The molecule has 3 aromatic carbocycles. The molecule has 0 aliphatic rings. The number of carbonyl (C=O) groups excluding carboxylic acids is 1. The Morgan fingerprint density at radius 2 is 1.76 bits per heavy atom. The monoisotopic (exact) mass is 510 g/mol. The number of alkyl halides is 3. The van der Waals surface area contributed by atoms with Gasteiger partial charge in [-0.1, -0.05) is 42.0 Å². The minimum absolute atomic E-state index is 0.0457. The second kappa shape index (κ2) is 10.8. The topological polar surface area (TPSA) is 78.3 Å². The van der Waals surface area contributed by atoms with E-state index in [0.717, 1.165) is 17.2 Å². The lowest BCUT2D eigenvalue weighted by molar-refractivity contribution is -0.138. The standard InChI is InChI=1S/C27H25F3N4O3/c1-17-7-10-19(11-8-17)24-32-26(37-14-13-36-3)33-34(24)22-6-4-5-21(16-22)31-25(35)20-12-9-18(2)23(15-20)27(28,29)30/h4-12,15-16H,13-14H2,1-3H3,(H,31,35). The van der Waals surface area contributed by atoms with E-state index in [9.17, 15) is 18.0 Å². The molecular weight excluding hydrogens is 485 g/mol. The molecule has 1 N–H and O–H groups in total. The minimum atomic E-state index is -4.55. The summed E-state index contributed by atoms with van der Waals surface area (Å²) in [6, 6.07) is 18.1. The maximum absolute atomic E-state index is 13.3. The predicted molar refractivity (Wildman–Crippen MR) is 133 cm³/mol. The zero-order chi connectivity index (χ0) is 26.6. The van der Waals surface area contributed by atoms with Gasteiger partial charge in [0.05, 0.1) is 17.9 Å². The number of aryl methyl sites for hydroxylation is 2. The molecule has 0 atom stereocenters. The number of nitrogens with zero attached hydrogens (tertiary/aromatic N) is 3. The zero-order valence-electron chi connectivity index (χ0n) is 20.5. The molecule has 7 nitrogen and oxygen atoms in total. The van der Waals surface area contributed by atoms with Gasteiger partial charge in [-0.25, -0.2) is 4.68 Å². The summed E-state index contributed by atoms with van der Waals surface area (Å²) in [7, 11) is 1.56. The number of carbonyl (C=O) groups is 1. The lowest BCUT2D eigenvalue weighted by atomic mass is 10.0. The number of aromatic nitrogens is 3. The van der Waals surface area contributed by atoms with Crippen LogP contribution < -0.4 is 10.1 Å². The number of benzene rings is 3. The van der Waals surface area contributed by atoms with E-state index in [4.69, 9.17) is 9.47 Å². The van der Waals surface area contributed by atoms with Gasteiger partial charge < -0.3 is 14.8 Å². The number of nitrogens with one attached hydrogen (secondary N) is 1. The van der Waals surface area contributed by atoms with Crippen LogP contribution in [0.15, 0.2) is 66.7 Å². The number of hydrogen-bond acceptors (Lipinski definition) is 5. The average Bonchev–Trinajstić information content (AvgIpc) is 3.28. The van der Waals surface area contributed by atoms with Gasteiger partial charge in [0, 0.05) is 23.9 Å². The SMILES string of the molecule is COCCOc1nc(-c2ccc(C)cc2)n(-c2cccc(NC(=O)c3ccc(C)c(C(F)(F)F)c3)c2)n1. The molecule has 0 aliphatic heterocycles. The van der Waals surface area contributed by atoms with Gasteiger partial charge in [0.25, 0.3) is 5.91 Å². The van der Waals surface area contributed by atoms with Gasteiger partial charge in [0.15, 0.2) is 5.82 Å². The molecule has 0 aliphatic carbocycles. The van der Waals surface area contributed by atoms with Crippen LogP contribution >= 0.6 is 0 Å². The predicted octanol–water partition coefficient (Wildman–Crippen LogP) is 5.85. The van der Waals surface area contributed by atoms with Gasteiger partial charge in [0.1, 0.15) is 6.61 Å². The zero-order valence-corrected chi connectivity index (χ0v) is 20.5. The number of anilines is 1. The Bertz CT molecular complexity index is 1400. The van der Waals surface area contributed by atoms with Crippen LogP contribution in [-0.4, -0.2) is 41.0 Å². The summed E-state index contributed by atoms with van der Waals surface area (Å²) in [6.45, 7) is 3.96. The molecule has 10 heteroatoms. The van der Waals surface area contributed by atoms with Gasteiger partial charge in [-0.2, -0.15) is 18.2 Å². The Morgan fingerprint density at radius 3 is 2.46 bits per heavy atom. The summed E-state index contributed by atoms with van der Waals surface area (Å²) in [5.41, 5.74) is 1.93. The first-order chi connectivity index (χ1) is 17.7. The largest absolute Gasteiger partial charge is 0.460 e. The van der Waals surface area contributed by atoms with Crippen molar-refractivity contribution in [2.45, 2.75) is 20.0 Å². The fourth-order valence-corrected chi connectivity index (χ4v) is 3.63. The highest BCUT2D eigenvalue weighted by Crippen LogP contribution is 2.32. The van der Waals surface area contributed by atoms with Crippen LogP contribution in [-0.2, 0) is 10.9 Å². The summed E-state index contributed by atoms with van der Waals surface area (Å²) in [5, 5.41) is 7.13. The molecule has 37 heavy (non-hydrogen) atoms. The van der Waals surface area contributed by atoms with Crippen molar-refractivity contribution in [3.8, 4) is 23.1 Å². The van der Waals surface area contributed by atoms with Crippen molar-refractivity contribution < 1.29 is 27.4 Å². The maximum atomic E-state index is 13.3. The second-order valence-corrected chi connectivity index (χ2v) is 8.37. The molecule has 0 bridgehead atoms. The molecular formula is C27H25F3N4O3. The lowest BCUT2D eigenvalue weighted by Gasteiger charge is -2.13. The van der Waals surface area contributed by atoms with E-state index in [1.54, 1.807) is 36.1 Å². The summed E-state index contributed by atoms with van der Waals surface area (Å²) < 4.78 is 52.1. The first-order valence-electron chi connectivity index (χ1n) is 11.4. The fourth-order valence-electron chi connectivity index (χ4n) is 3.63. The van der Waals surface area contributed by atoms with Crippen molar-refractivity contribution in [1.29, 1.82) is 0 Å². The normalized spacial score (nSPS) is 11.4. The summed E-state index contributed by atoms with van der Waals surface area (Å²) in [5.74, 6) is -0.146. The van der Waals surface area contributed by atoms with Crippen LogP contribution in [0.2, 0.25) is 0 Å². The highest BCUT2D eigenvalue weighted by atomic mass is 19.4. The first-order valence-corrected chi connectivity index (χ1v) is 11.4. The number of rotatable bonds is 8. The Kier molecular flexibility index (Phi) is 7.58. The van der Waals surface area contributed by atoms with E-state index in [-0.39, 0.29) is 23.7 Å². The smallest absolute Gasteiger partial charge is 0.416 e. The van der Waals surface area contributed by atoms with E-state index in [1.165, 1.54) is 19.1 Å². The number of hydrogen-bond donors (Lipinski definition) is 1. The Hall–Kier alpha value is -4.18. The van der Waals surface area contributed by atoms with Crippen molar-refractivity contribution >= 4 is 11.6 Å². The van der Waals surface area contributed by atoms with Crippen molar-refractivity contribution in [2.24, 2.45) is 0 Å². The summed E-state index contributed by atoms with van der Waals surface area (Å²) in [6.07, 6.45) is -4.55. The average molecular weight is 511 g/mol. The van der Waals surface area contributed by atoms with Gasteiger partial charge in [-0.15, -0.1) is 5.10 Å². The van der Waals surface area contributed by atoms with Crippen LogP contribution in [0.5, 0.6) is 6.01 Å². The van der Waals surface area contributed by atoms with Gasteiger partial charge in [-0.3, -0.25) is 4.79 Å². The molecule has 192 valence electrons. The third-order valence-electron chi connectivity index (χ3n) is 5.57. The van der Waals surface area contributed by atoms with Gasteiger partial charge in [0.2, 0.25) is 0 Å². The number of ether oxygens (including phenoxy) is 2. The molecule has 0 spiro atoms. The molecule has 0 saturated heterocycles. The van der Waals surface area contributed by atoms with Crippen molar-refractivity contribution in [3.63, 3.8) is 0 Å². The van der Waals surface area contributed by atoms with E-state index < -0.39 is 17.6 Å². The molecule has 0 fully saturated rings. The Labute approximate surface area is 211 Å². The molecule has 1 amide bonds. The molecule has 0 unspecified atom stereocenters. The van der Waals surface area contributed by atoms with Crippen LogP contribution in [0.3, 0.4) is 0 Å². The quantitative estimate of drug-likeness (QED) is 0.301. The van der Waals surface area contributed by atoms with Gasteiger partial charge in [-0.05, 0) is 49.7 Å². The molecule has 4 rings (SSSR count). The number of halogens is 3. The number of amides is 1. The summed E-state index contributed by atoms with van der Waals surface area (Å²) >= 11 is 0. The number of methoxy groups -OCH3 is 1. The maximum Gasteiger partial charge on any atom is 0.416 e. The fraction of sp³-hybridized carbons (Fsp3) is 0.222. The third kappa shape index (κ3) is 6.15. The highest BCUT2D eigenvalue weighted by Gasteiger charge is 2.33. The molecule has 1 heterocycles. The molecule has 0 radical (unpaired) electrons. The molecule has 0 saturated carbocycles. The van der Waals surface area contributed by atoms with E-state index >= 15 is 0 Å². The Balaban J connectivity index is 1.65. The van der Waals surface area contributed by atoms with E-state index in [2.05, 4.69) is 15.4 Å². The van der Waals surface area contributed by atoms with Crippen molar-refractivity contribution in [2.75, 3.05) is 25.6 Å². The van der Waals surface area contributed by atoms with E-state index in [0.29, 0.717) is 23.8 Å². The van der Waals surface area contributed by atoms with Gasteiger partial charge >= 0.3 is 12.2 Å². The minimum Gasteiger partial charge on any atom is -0.460 e. The van der Waals surface area contributed by atoms with E-state index in [1.807, 2.05) is 31.2 Å². The second-order valence-electron chi connectivity index (χ2n) is 8.37. The molecule has 4 aromatic rings. The van der Waals surface area contributed by atoms with Crippen LogP contribution in [0.4, 0.5) is 18.9 Å². The van der Waals surface area contributed by atoms with Crippen molar-refractivity contribution in [3.05, 3.63) is 89.0 Å². The first kappa shape index (κ1) is 25.9. The third-order valence-corrected chi connectivity index (χ3v) is 5.57. The van der Waals surface area contributed by atoms with Crippen LogP contribution in [0, 0.1) is 13.8 Å². The highest BCUT2D eigenvalue weighted by molar-refractivity contribution is 6.04. The lowest BCUT2D eigenvalue weighted by Crippen LogP contribution is -2.15. The summed E-state index contributed by atoms with van der Waals surface area (Å²) in [4.78, 5) is 17.3. The van der Waals surface area contributed by atoms with Crippen molar-refractivity contribution in [1.82, 2.24) is 14.8 Å². The van der Waals surface area contributed by atoms with Crippen LogP contribution in [0.25, 0.3) is 17.1 Å². The Morgan fingerprint density at radius 1 is 1.00 bits per heavy atom.